The van der Waals surface area contributed by atoms with Crippen LogP contribution in [-0.2, 0) is 6.54 Å². The number of rotatable bonds is 4. The summed E-state index contributed by atoms with van der Waals surface area (Å²) < 4.78 is 0.955. The van der Waals surface area contributed by atoms with E-state index in [1.165, 1.54) is 5.56 Å². The maximum Gasteiger partial charge on any atom is 0.252 e. The van der Waals surface area contributed by atoms with E-state index < -0.39 is 5.24 Å². The summed E-state index contributed by atoms with van der Waals surface area (Å²) in [5, 5.41) is -0.413. The lowest BCUT2D eigenvalue weighted by atomic mass is 10.1. The van der Waals surface area contributed by atoms with Gasteiger partial charge in [0, 0.05) is 42.8 Å². The molecule has 2 rings (SSSR count). The zero-order valence-corrected chi connectivity index (χ0v) is 13.4. The molecule has 1 saturated heterocycles. The number of carbonyl (C=O) groups excluding carboxylic acids is 1. The third-order valence-corrected chi connectivity index (χ3v) is 4.54. The molecule has 1 fully saturated rings. The fourth-order valence-corrected chi connectivity index (χ4v) is 2.92. The van der Waals surface area contributed by atoms with E-state index in [1.54, 1.807) is 12.1 Å². The molecule has 0 unspecified atom stereocenters. The van der Waals surface area contributed by atoms with Crippen molar-refractivity contribution in [3.63, 3.8) is 0 Å². The molecule has 1 aliphatic rings. The Morgan fingerprint density at radius 1 is 1.26 bits per heavy atom. The predicted molar refractivity (Wildman–Crippen MR) is 81.7 cm³/mol. The summed E-state index contributed by atoms with van der Waals surface area (Å²) in [6, 6.07) is 5.57. The van der Waals surface area contributed by atoms with Crippen molar-refractivity contribution >= 4 is 32.8 Å². The Kier molecular flexibility index (Phi) is 5.39. The van der Waals surface area contributed by atoms with Gasteiger partial charge in [-0.1, -0.05) is 28.9 Å². The molecule has 0 bridgehead atoms. The number of likely N-dealkylation sites (N-methyl/N-ethyl adjacent to an activating group) is 1. The zero-order chi connectivity index (χ0) is 13.8. The Bertz CT molecular complexity index is 459. The minimum Gasteiger partial charge on any atom is -0.301 e. The van der Waals surface area contributed by atoms with Crippen LogP contribution in [-0.4, -0.2) is 47.8 Å². The highest BCUT2D eigenvalue weighted by Gasteiger charge is 2.16. The highest BCUT2D eigenvalue weighted by Crippen LogP contribution is 2.21. The number of carbonyl (C=O) groups is 1. The van der Waals surface area contributed by atoms with E-state index in [0.29, 0.717) is 5.56 Å². The average Bonchev–Trinajstić information content (AvgIpc) is 2.41. The van der Waals surface area contributed by atoms with Gasteiger partial charge in [-0.2, -0.15) is 0 Å². The van der Waals surface area contributed by atoms with Crippen LogP contribution in [0.5, 0.6) is 0 Å². The van der Waals surface area contributed by atoms with Crippen LogP contribution in [0.2, 0.25) is 0 Å². The summed E-state index contributed by atoms with van der Waals surface area (Å²) >= 11 is 9.00. The van der Waals surface area contributed by atoms with Crippen molar-refractivity contribution in [3.05, 3.63) is 33.8 Å². The normalized spacial score (nSPS) is 17.6. The van der Waals surface area contributed by atoms with Crippen LogP contribution >= 0.6 is 27.5 Å². The third kappa shape index (κ3) is 4.02. The lowest BCUT2D eigenvalue weighted by Gasteiger charge is -2.34. The molecular weight excluding hydrogens is 328 g/mol. The molecule has 104 valence electrons. The zero-order valence-electron chi connectivity index (χ0n) is 11.0. The molecule has 0 N–H and O–H groups in total. The largest absolute Gasteiger partial charge is 0.301 e. The smallest absolute Gasteiger partial charge is 0.252 e. The fraction of sp³-hybridized carbons (Fsp3) is 0.500. The van der Waals surface area contributed by atoms with E-state index in [9.17, 15) is 4.79 Å². The van der Waals surface area contributed by atoms with Crippen LogP contribution < -0.4 is 0 Å². The molecule has 1 heterocycles. The lowest BCUT2D eigenvalue weighted by Crippen LogP contribution is -2.45. The van der Waals surface area contributed by atoms with Gasteiger partial charge in [-0.05, 0) is 35.8 Å². The van der Waals surface area contributed by atoms with Crippen molar-refractivity contribution in [2.75, 3.05) is 32.7 Å². The SMILES string of the molecule is CCN1CCN(Cc2ccc(C(=O)Cl)cc2Br)CC1. The second-order valence-corrected chi connectivity index (χ2v) is 5.99. The van der Waals surface area contributed by atoms with Crippen molar-refractivity contribution in [2.45, 2.75) is 13.5 Å². The first-order valence-corrected chi connectivity index (χ1v) is 7.70. The molecule has 0 atom stereocenters. The number of nitrogens with zero attached hydrogens (tertiary/aromatic N) is 2. The Morgan fingerprint density at radius 3 is 2.42 bits per heavy atom. The summed E-state index contributed by atoms with van der Waals surface area (Å²) in [7, 11) is 0. The van der Waals surface area contributed by atoms with Gasteiger partial charge >= 0.3 is 0 Å². The molecular formula is C14H18BrClN2O. The highest BCUT2D eigenvalue weighted by molar-refractivity contribution is 9.10. The Hall–Kier alpha value is -0.420. The van der Waals surface area contributed by atoms with E-state index >= 15 is 0 Å². The molecule has 5 heteroatoms. The molecule has 0 aromatic heterocycles. The van der Waals surface area contributed by atoms with Crippen LogP contribution in [0.25, 0.3) is 0 Å². The third-order valence-electron chi connectivity index (χ3n) is 3.59. The van der Waals surface area contributed by atoms with Gasteiger partial charge in [0.05, 0.1) is 0 Å². The molecule has 1 aromatic rings. The number of hydrogen-bond donors (Lipinski definition) is 0. The minimum absolute atomic E-state index is 0.413. The number of piperazine rings is 1. The monoisotopic (exact) mass is 344 g/mol. The standard InChI is InChI=1S/C14H18BrClN2O/c1-2-17-5-7-18(8-6-17)10-12-4-3-11(14(16)19)9-13(12)15/h3-4,9H,2,5-8,10H2,1H3. The van der Waals surface area contributed by atoms with Crippen molar-refractivity contribution in [2.24, 2.45) is 0 Å². The van der Waals surface area contributed by atoms with Crippen LogP contribution in [0.3, 0.4) is 0 Å². The minimum atomic E-state index is -0.413. The van der Waals surface area contributed by atoms with Gasteiger partial charge in [0.1, 0.15) is 0 Å². The van der Waals surface area contributed by atoms with Crippen molar-refractivity contribution in [1.82, 2.24) is 9.80 Å². The van der Waals surface area contributed by atoms with Crippen molar-refractivity contribution < 1.29 is 4.79 Å². The number of halogens is 2. The number of benzene rings is 1. The van der Waals surface area contributed by atoms with Gasteiger partial charge in [0.15, 0.2) is 0 Å². The van der Waals surface area contributed by atoms with Gasteiger partial charge < -0.3 is 4.90 Å². The average molecular weight is 346 g/mol. The van der Waals surface area contributed by atoms with Gasteiger partial charge in [0.2, 0.25) is 0 Å². The van der Waals surface area contributed by atoms with Crippen molar-refractivity contribution in [1.29, 1.82) is 0 Å². The second-order valence-electron chi connectivity index (χ2n) is 4.79. The molecule has 0 spiro atoms. The van der Waals surface area contributed by atoms with E-state index in [1.807, 2.05) is 6.07 Å². The summed E-state index contributed by atoms with van der Waals surface area (Å²) in [6.45, 7) is 8.69. The van der Waals surface area contributed by atoms with Crippen LogP contribution in [0.15, 0.2) is 22.7 Å². The summed E-state index contributed by atoms with van der Waals surface area (Å²) in [4.78, 5) is 16.0. The highest BCUT2D eigenvalue weighted by atomic mass is 79.9. The first-order chi connectivity index (χ1) is 9.10. The van der Waals surface area contributed by atoms with E-state index in [4.69, 9.17) is 11.6 Å². The quantitative estimate of drug-likeness (QED) is 0.784. The first kappa shape index (κ1) is 15.0. The maximum atomic E-state index is 11.1. The topological polar surface area (TPSA) is 23.6 Å². The molecule has 0 radical (unpaired) electrons. The number of hydrogen-bond acceptors (Lipinski definition) is 3. The van der Waals surface area contributed by atoms with Crippen LogP contribution in [0.1, 0.15) is 22.8 Å². The van der Waals surface area contributed by atoms with Gasteiger partial charge in [-0.3, -0.25) is 9.69 Å². The Labute approximate surface area is 127 Å². The first-order valence-electron chi connectivity index (χ1n) is 6.53. The Balaban J connectivity index is 1.98. The van der Waals surface area contributed by atoms with E-state index in [-0.39, 0.29) is 0 Å². The van der Waals surface area contributed by atoms with Crippen LogP contribution in [0, 0.1) is 0 Å². The predicted octanol–water partition coefficient (Wildman–Crippen LogP) is 2.97. The lowest BCUT2D eigenvalue weighted by molar-refractivity contribution is 0.108. The van der Waals surface area contributed by atoms with Crippen LogP contribution in [0.4, 0.5) is 0 Å². The molecule has 0 aliphatic carbocycles. The maximum absolute atomic E-state index is 11.1. The summed E-state index contributed by atoms with van der Waals surface area (Å²) in [5.74, 6) is 0. The van der Waals surface area contributed by atoms with Gasteiger partial charge in [-0.15, -0.1) is 0 Å². The molecule has 19 heavy (non-hydrogen) atoms. The molecule has 0 saturated carbocycles. The van der Waals surface area contributed by atoms with Crippen molar-refractivity contribution in [3.8, 4) is 0 Å². The molecule has 3 nitrogen and oxygen atoms in total. The second kappa shape index (κ2) is 6.84. The summed E-state index contributed by atoms with van der Waals surface area (Å²) in [6.07, 6.45) is 0. The molecule has 1 aliphatic heterocycles. The van der Waals surface area contributed by atoms with E-state index in [0.717, 1.165) is 43.7 Å². The van der Waals surface area contributed by atoms with Gasteiger partial charge in [0.25, 0.3) is 5.24 Å². The van der Waals surface area contributed by atoms with E-state index in [2.05, 4.69) is 32.7 Å². The Morgan fingerprint density at radius 2 is 1.89 bits per heavy atom. The van der Waals surface area contributed by atoms with Gasteiger partial charge in [-0.25, -0.2) is 0 Å². The fourth-order valence-electron chi connectivity index (χ4n) is 2.30. The summed E-state index contributed by atoms with van der Waals surface area (Å²) in [5.41, 5.74) is 1.74. The molecule has 0 amide bonds. The molecule has 1 aromatic carbocycles.